The molecule has 0 N–H and O–H groups in total. The molecule has 0 amide bonds. The fourth-order valence-corrected chi connectivity index (χ4v) is 8.30. The Morgan fingerprint density at radius 3 is 1.20 bits per heavy atom. The Balaban J connectivity index is 1.25. The third kappa shape index (κ3) is 5.38. The van der Waals surface area contributed by atoms with Gasteiger partial charge in [-0.15, -0.1) is 0 Å². The van der Waals surface area contributed by atoms with Gasteiger partial charge in [0, 0.05) is 45.3 Å². The van der Waals surface area contributed by atoms with Crippen molar-refractivity contribution in [3.63, 3.8) is 0 Å². The third-order valence-corrected chi connectivity index (χ3v) is 11.0. The molecule has 0 fully saturated rings. The van der Waals surface area contributed by atoms with Crippen molar-refractivity contribution in [1.29, 1.82) is 0 Å². The molecule has 4 nitrogen and oxygen atoms in total. The lowest BCUT2D eigenvalue weighted by atomic mass is 9.91. The van der Waals surface area contributed by atoms with Crippen molar-refractivity contribution in [3.05, 3.63) is 194 Å². The van der Waals surface area contributed by atoms with E-state index in [4.69, 9.17) is 9.97 Å². The van der Waals surface area contributed by atoms with E-state index < -0.39 is 0 Å². The highest BCUT2D eigenvalue weighted by atomic mass is 15.2. The van der Waals surface area contributed by atoms with Crippen molar-refractivity contribution >= 4 is 99.4 Å². The SMILES string of the molecule is C=C(C)c1ccc(N(c2ccc3ccc4c(N(c5ccc(C(=C)C)cc5)c5cccc6cccnc56)ccc5ccc2c3c54)c2cccc3cccnc23)cc1. The van der Waals surface area contributed by atoms with Crippen molar-refractivity contribution < 1.29 is 0 Å². The highest BCUT2D eigenvalue weighted by molar-refractivity contribution is 6.28. The molecule has 0 aliphatic carbocycles. The van der Waals surface area contributed by atoms with E-state index >= 15 is 0 Å². The van der Waals surface area contributed by atoms with Crippen LogP contribution in [0.2, 0.25) is 0 Å². The maximum absolute atomic E-state index is 4.91. The second-order valence-electron chi connectivity index (χ2n) is 14.6. The quantitative estimate of drug-likeness (QED) is 0.146. The minimum Gasteiger partial charge on any atom is -0.308 e. The van der Waals surface area contributed by atoms with Gasteiger partial charge in [0.1, 0.15) is 0 Å². The van der Waals surface area contributed by atoms with Crippen LogP contribution in [0, 0.1) is 0 Å². The van der Waals surface area contributed by atoms with Crippen LogP contribution in [0.4, 0.5) is 34.1 Å². The average Bonchev–Trinajstić information content (AvgIpc) is 3.24. The second-order valence-corrected chi connectivity index (χ2v) is 14.6. The van der Waals surface area contributed by atoms with E-state index in [9.17, 15) is 0 Å². The molecule has 0 atom stereocenters. The maximum atomic E-state index is 4.91. The van der Waals surface area contributed by atoms with Crippen LogP contribution in [0.1, 0.15) is 25.0 Å². The number of hydrogen-bond donors (Lipinski definition) is 0. The van der Waals surface area contributed by atoms with Gasteiger partial charge in [-0.25, -0.2) is 0 Å². The van der Waals surface area contributed by atoms with Gasteiger partial charge in [0.2, 0.25) is 0 Å². The lowest BCUT2D eigenvalue weighted by Crippen LogP contribution is -2.12. The molecular formula is C52H38N4. The van der Waals surface area contributed by atoms with Gasteiger partial charge in [0.05, 0.1) is 33.8 Å². The zero-order valence-electron chi connectivity index (χ0n) is 31.4. The van der Waals surface area contributed by atoms with E-state index in [2.05, 4.69) is 169 Å². The first-order valence-electron chi connectivity index (χ1n) is 18.9. The molecule has 0 unspecified atom stereocenters. The number of pyridine rings is 2. The molecule has 0 aliphatic rings. The van der Waals surface area contributed by atoms with E-state index in [0.29, 0.717) is 0 Å². The molecular weight excluding hydrogens is 681 g/mol. The standard InChI is InChI=1S/C52H38N4/c1-33(2)35-15-23-41(24-16-35)55(47-13-5-9-39-11-7-31-53-51(39)47)45-29-21-37-20-28-44-46(30-22-38-19-27-43(45)49(37)50(38)44)56(42-25-17-36(18-26-42)34(3)4)48-14-6-10-40-12-8-32-54-52(40)48/h5-32H,1,3H2,2,4H3. The van der Waals surface area contributed by atoms with Crippen LogP contribution in [-0.4, -0.2) is 9.97 Å². The summed E-state index contributed by atoms with van der Waals surface area (Å²) in [6.45, 7) is 12.5. The number of fused-ring (bicyclic) bond motifs is 2. The Hall–Kier alpha value is -7.30. The molecule has 4 heteroatoms. The number of allylic oxidation sites excluding steroid dienone is 2. The first-order chi connectivity index (χ1) is 27.4. The normalized spacial score (nSPS) is 11.5. The summed E-state index contributed by atoms with van der Waals surface area (Å²) in [4.78, 5) is 14.6. The summed E-state index contributed by atoms with van der Waals surface area (Å²) in [6.07, 6.45) is 3.76. The smallest absolute Gasteiger partial charge is 0.0942 e. The Bertz CT molecular complexity index is 2920. The van der Waals surface area contributed by atoms with Gasteiger partial charge in [-0.05, 0) is 107 Å². The summed E-state index contributed by atoms with van der Waals surface area (Å²) in [5.41, 5.74) is 12.5. The first-order valence-corrected chi connectivity index (χ1v) is 18.9. The molecule has 0 bridgehead atoms. The molecule has 10 rings (SSSR count). The van der Waals surface area contributed by atoms with E-state index in [0.717, 1.165) is 78.2 Å². The van der Waals surface area contributed by atoms with E-state index in [-0.39, 0.29) is 0 Å². The topological polar surface area (TPSA) is 32.3 Å². The number of nitrogens with zero attached hydrogens (tertiary/aromatic N) is 4. The lowest BCUT2D eigenvalue weighted by molar-refractivity contribution is 1.28. The minimum absolute atomic E-state index is 0.948. The molecule has 0 saturated carbocycles. The largest absolute Gasteiger partial charge is 0.308 e. The molecule has 10 aromatic rings. The van der Waals surface area contributed by atoms with Gasteiger partial charge < -0.3 is 9.80 Å². The predicted molar refractivity (Wildman–Crippen MR) is 240 cm³/mol. The Morgan fingerprint density at radius 1 is 0.393 bits per heavy atom. The van der Waals surface area contributed by atoms with Crippen molar-refractivity contribution in [1.82, 2.24) is 9.97 Å². The first kappa shape index (κ1) is 33.3. The molecule has 8 aromatic carbocycles. The summed E-state index contributed by atoms with van der Waals surface area (Å²) < 4.78 is 0. The fraction of sp³-hybridized carbons (Fsp3) is 0.0385. The van der Waals surface area contributed by atoms with Crippen LogP contribution in [0.15, 0.2) is 183 Å². The summed E-state index contributed by atoms with van der Waals surface area (Å²) >= 11 is 0. The summed E-state index contributed by atoms with van der Waals surface area (Å²) in [5.74, 6) is 0. The number of benzene rings is 8. The van der Waals surface area contributed by atoms with Gasteiger partial charge in [0.15, 0.2) is 0 Å². The molecule has 0 radical (unpaired) electrons. The fourth-order valence-electron chi connectivity index (χ4n) is 8.30. The molecule has 56 heavy (non-hydrogen) atoms. The Morgan fingerprint density at radius 2 is 0.786 bits per heavy atom. The van der Waals surface area contributed by atoms with Crippen LogP contribution < -0.4 is 9.80 Å². The highest BCUT2D eigenvalue weighted by Gasteiger charge is 2.24. The van der Waals surface area contributed by atoms with Gasteiger partial charge in [-0.1, -0.05) is 121 Å². The zero-order chi connectivity index (χ0) is 37.9. The van der Waals surface area contributed by atoms with Gasteiger partial charge in [-0.3, -0.25) is 9.97 Å². The van der Waals surface area contributed by atoms with Gasteiger partial charge >= 0.3 is 0 Å². The Kier molecular flexibility index (Phi) is 7.86. The van der Waals surface area contributed by atoms with Crippen molar-refractivity contribution in [3.8, 4) is 0 Å². The molecule has 0 aliphatic heterocycles. The van der Waals surface area contributed by atoms with Crippen LogP contribution >= 0.6 is 0 Å². The average molecular weight is 719 g/mol. The number of anilines is 6. The minimum atomic E-state index is 0.948. The lowest BCUT2D eigenvalue weighted by Gasteiger charge is -2.30. The number of rotatable bonds is 8. The van der Waals surface area contributed by atoms with Crippen molar-refractivity contribution in [2.24, 2.45) is 0 Å². The molecule has 2 aromatic heterocycles. The summed E-state index contributed by atoms with van der Waals surface area (Å²) in [5, 5.41) is 9.35. The highest BCUT2D eigenvalue weighted by Crippen LogP contribution is 2.49. The number of aromatic nitrogens is 2. The monoisotopic (exact) mass is 718 g/mol. The maximum Gasteiger partial charge on any atom is 0.0942 e. The summed E-state index contributed by atoms with van der Waals surface area (Å²) in [6, 6.07) is 56.7. The van der Waals surface area contributed by atoms with Crippen molar-refractivity contribution in [2.45, 2.75) is 13.8 Å². The van der Waals surface area contributed by atoms with E-state index in [1.807, 2.05) is 38.4 Å². The van der Waals surface area contributed by atoms with Crippen LogP contribution in [0.25, 0.3) is 65.3 Å². The van der Waals surface area contributed by atoms with Crippen LogP contribution in [-0.2, 0) is 0 Å². The van der Waals surface area contributed by atoms with Gasteiger partial charge in [0.25, 0.3) is 0 Å². The van der Waals surface area contributed by atoms with Crippen molar-refractivity contribution in [2.75, 3.05) is 9.80 Å². The van der Waals surface area contributed by atoms with Crippen LogP contribution in [0.5, 0.6) is 0 Å². The van der Waals surface area contributed by atoms with Gasteiger partial charge in [-0.2, -0.15) is 0 Å². The molecule has 266 valence electrons. The molecule has 0 saturated heterocycles. The zero-order valence-corrected chi connectivity index (χ0v) is 31.4. The second kappa shape index (κ2) is 13.2. The predicted octanol–water partition coefficient (Wildman–Crippen LogP) is 14.7. The molecule has 2 heterocycles. The number of hydrogen-bond acceptors (Lipinski definition) is 4. The molecule has 0 spiro atoms. The Labute approximate surface area is 326 Å². The van der Waals surface area contributed by atoms with E-state index in [1.165, 1.54) is 32.3 Å². The van der Waals surface area contributed by atoms with Crippen LogP contribution in [0.3, 0.4) is 0 Å². The number of para-hydroxylation sites is 2. The van der Waals surface area contributed by atoms with E-state index in [1.54, 1.807) is 0 Å². The summed E-state index contributed by atoms with van der Waals surface area (Å²) in [7, 11) is 0. The third-order valence-electron chi connectivity index (χ3n) is 11.0.